The molecule has 1 heterocycles. The molecule has 142 valence electrons. The molecule has 1 aromatic heterocycles. The summed E-state index contributed by atoms with van der Waals surface area (Å²) in [5, 5.41) is 6.26. The summed E-state index contributed by atoms with van der Waals surface area (Å²) in [4.78, 5) is 28.5. The van der Waals surface area contributed by atoms with Crippen molar-refractivity contribution in [1.82, 2.24) is 10.3 Å². The SMILES string of the molecule is COc1ccc2nc(NC(=O)/C=C/c3ccc(C(=O)NC4CC4)cc3)sc2c1. The van der Waals surface area contributed by atoms with Crippen molar-refractivity contribution in [1.29, 1.82) is 0 Å². The van der Waals surface area contributed by atoms with Crippen molar-refractivity contribution in [2.45, 2.75) is 18.9 Å². The molecule has 1 aliphatic carbocycles. The van der Waals surface area contributed by atoms with Crippen LogP contribution in [0.3, 0.4) is 0 Å². The van der Waals surface area contributed by atoms with E-state index in [4.69, 9.17) is 4.74 Å². The number of ether oxygens (including phenoxy) is 1. The largest absolute Gasteiger partial charge is 0.497 e. The number of amides is 2. The number of nitrogens with zero attached hydrogens (tertiary/aromatic N) is 1. The average Bonchev–Trinajstić information content (AvgIpc) is 3.43. The van der Waals surface area contributed by atoms with Gasteiger partial charge in [-0.1, -0.05) is 23.5 Å². The number of hydrogen-bond donors (Lipinski definition) is 2. The second-order valence-electron chi connectivity index (χ2n) is 6.55. The van der Waals surface area contributed by atoms with Crippen molar-refractivity contribution in [2.24, 2.45) is 0 Å². The molecule has 1 saturated carbocycles. The molecule has 2 N–H and O–H groups in total. The van der Waals surface area contributed by atoms with Gasteiger partial charge in [0, 0.05) is 17.7 Å². The van der Waals surface area contributed by atoms with Crippen molar-refractivity contribution >= 4 is 44.6 Å². The van der Waals surface area contributed by atoms with Gasteiger partial charge in [-0.25, -0.2) is 4.98 Å². The van der Waals surface area contributed by atoms with E-state index in [1.807, 2.05) is 30.3 Å². The second kappa shape index (κ2) is 7.82. The molecule has 0 aliphatic heterocycles. The Kier molecular flexibility index (Phi) is 5.08. The molecule has 3 aromatic rings. The van der Waals surface area contributed by atoms with Gasteiger partial charge in [0.05, 0.1) is 17.3 Å². The van der Waals surface area contributed by atoms with Crippen LogP contribution in [0.4, 0.5) is 5.13 Å². The highest BCUT2D eigenvalue weighted by Gasteiger charge is 2.23. The monoisotopic (exact) mass is 393 g/mol. The first-order chi connectivity index (χ1) is 13.6. The zero-order chi connectivity index (χ0) is 19.5. The van der Waals surface area contributed by atoms with Crippen molar-refractivity contribution < 1.29 is 14.3 Å². The quantitative estimate of drug-likeness (QED) is 0.624. The Hall–Kier alpha value is -3.19. The number of carbonyl (C=O) groups is 2. The normalized spacial score (nSPS) is 13.6. The lowest BCUT2D eigenvalue weighted by Gasteiger charge is -2.03. The first-order valence-corrected chi connectivity index (χ1v) is 9.77. The number of thiazole rings is 1. The highest BCUT2D eigenvalue weighted by Crippen LogP contribution is 2.29. The second-order valence-corrected chi connectivity index (χ2v) is 7.58. The van der Waals surface area contributed by atoms with Crippen LogP contribution < -0.4 is 15.4 Å². The summed E-state index contributed by atoms with van der Waals surface area (Å²) < 4.78 is 6.14. The molecule has 0 saturated heterocycles. The number of aromatic nitrogens is 1. The molecular weight excluding hydrogens is 374 g/mol. The van der Waals surface area contributed by atoms with Crippen LogP contribution in [0.1, 0.15) is 28.8 Å². The molecule has 1 fully saturated rings. The van der Waals surface area contributed by atoms with Gasteiger partial charge < -0.3 is 10.1 Å². The van der Waals surface area contributed by atoms with Crippen LogP contribution in [0.25, 0.3) is 16.3 Å². The zero-order valence-electron chi connectivity index (χ0n) is 15.3. The van der Waals surface area contributed by atoms with Crippen LogP contribution in [0.15, 0.2) is 48.5 Å². The number of benzene rings is 2. The van der Waals surface area contributed by atoms with Gasteiger partial charge in [0.1, 0.15) is 5.75 Å². The predicted molar refractivity (Wildman–Crippen MR) is 111 cm³/mol. The Morgan fingerprint density at radius 2 is 1.96 bits per heavy atom. The summed E-state index contributed by atoms with van der Waals surface area (Å²) in [5.41, 5.74) is 2.27. The third-order valence-electron chi connectivity index (χ3n) is 4.34. The minimum atomic E-state index is -0.262. The molecule has 6 nitrogen and oxygen atoms in total. The molecule has 28 heavy (non-hydrogen) atoms. The predicted octanol–water partition coefficient (Wildman–Crippen LogP) is 3.85. The molecule has 1 aliphatic rings. The van der Waals surface area contributed by atoms with Crippen molar-refractivity contribution in [3.8, 4) is 5.75 Å². The number of hydrogen-bond acceptors (Lipinski definition) is 5. The van der Waals surface area contributed by atoms with E-state index in [1.54, 1.807) is 25.3 Å². The molecule has 2 amide bonds. The maximum Gasteiger partial charge on any atom is 0.251 e. The number of methoxy groups -OCH3 is 1. The van der Waals surface area contributed by atoms with E-state index in [1.165, 1.54) is 17.4 Å². The Morgan fingerprint density at radius 1 is 1.18 bits per heavy atom. The molecule has 0 radical (unpaired) electrons. The number of nitrogens with one attached hydrogen (secondary N) is 2. The van der Waals surface area contributed by atoms with Crippen LogP contribution >= 0.6 is 11.3 Å². The number of anilines is 1. The molecule has 7 heteroatoms. The molecule has 0 unspecified atom stereocenters. The van der Waals surface area contributed by atoms with Crippen molar-refractivity contribution in [3.05, 3.63) is 59.7 Å². The molecule has 0 atom stereocenters. The molecular formula is C21H19N3O3S. The zero-order valence-corrected chi connectivity index (χ0v) is 16.1. The van der Waals surface area contributed by atoms with Crippen LogP contribution in [0, 0.1) is 0 Å². The maximum atomic E-state index is 12.2. The topological polar surface area (TPSA) is 80.3 Å². The van der Waals surface area contributed by atoms with Crippen LogP contribution in [-0.4, -0.2) is 29.9 Å². The average molecular weight is 393 g/mol. The lowest BCUT2D eigenvalue weighted by Crippen LogP contribution is -2.25. The third kappa shape index (κ3) is 4.37. The van der Waals surface area contributed by atoms with E-state index in [-0.39, 0.29) is 11.8 Å². The van der Waals surface area contributed by atoms with Gasteiger partial charge in [-0.05, 0) is 54.8 Å². The van der Waals surface area contributed by atoms with Crippen LogP contribution in [0.2, 0.25) is 0 Å². The van der Waals surface area contributed by atoms with E-state index >= 15 is 0 Å². The fraction of sp³-hybridized carbons (Fsp3) is 0.190. The Bertz CT molecular complexity index is 1050. The van der Waals surface area contributed by atoms with E-state index in [2.05, 4.69) is 15.6 Å². The Balaban J connectivity index is 1.37. The lowest BCUT2D eigenvalue weighted by atomic mass is 10.1. The number of fused-ring (bicyclic) bond motifs is 1. The maximum absolute atomic E-state index is 12.2. The van der Waals surface area contributed by atoms with Gasteiger partial charge in [0.2, 0.25) is 5.91 Å². The molecule has 0 bridgehead atoms. The first kappa shape index (κ1) is 18.2. The standard InChI is InChI=1S/C21H19N3O3S/c1-27-16-9-10-17-18(12-16)28-21(23-17)24-19(25)11-4-13-2-5-14(6-3-13)20(26)22-15-7-8-15/h2-6,9-12,15H,7-8H2,1H3,(H,22,26)(H,23,24,25)/b11-4+. The van der Waals surface area contributed by atoms with Gasteiger partial charge in [0.15, 0.2) is 5.13 Å². The summed E-state index contributed by atoms with van der Waals surface area (Å²) in [7, 11) is 1.61. The van der Waals surface area contributed by atoms with Crippen LogP contribution in [-0.2, 0) is 4.79 Å². The number of carbonyl (C=O) groups excluding carboxylic acids is 2. The summed E-state index contributed by atoms with van der Waals surface area (Å²) in [6.45, 7) is 0. The van der Waals surface area contributed by atoms with Gasteiger partial charge >= 0.3 is 0 Å². The van der Waals surface area contributed by atoms with Crippen LogP contribution in [0.5, 0.6) is 5.75 Å². The highest BCUT2D eigenvalue weighted by atomic mass is 32.1. The van der Waals surface area contributed by atoms with E-state index in [0.29, 0.717) is 16.7 Å². The minimum absolute atomic E-state index is 0.0526. The minimum Gasteiger partial charge on any atom is -0.497 e. The van der Waals surface area contributed by atoms with E-state index in [9.17, 15) is 9.59 Å². The lowest BCUT2D eigenvalue weighted by molar-refractivity contribution is -0.111. The summed E-state index contributed by atoms with van der Waals surface area (Å²) in [5.74, 6) is 0.438. The van der Waals surface area contributed by atoms with E-state index in [0.717, 1.165) is 34.4 Å². The Morgan fingerprint density at radius 3 is 2.68 bits per heavy atom. The summed E-state index contributed by atoms with van der Waals surface area (Å²) in [6, 6.07) is 13.1. The van der Waals surface area contributed by atoms with Gasteiger partial charge in [-0.3, -0.25) is 14.9 Å². The van der Waals surface area contributed by atoms with Gasteiger partial charge in [-0.2, -0.15) is 0 Å². The fourth-order valence-corrected chi connectivity index (χ4v) is 3.54. The van der Waals surface area contributed by atoms with Crippen molar-refractivity contribution in [3.63, 3.8) is 0 Å². The summed E-state index contributed by atoms with van der Waals surface area (Å²) >= 11 is 1.39. The highest BCUT2D eigenvalue weighted by molar-refractivity contribution is 7.22. The smallest absolute Gasteiger partial charge is 0.251 e. The summed E-state index contributed by atoms with van der Waals surface area (Å²) in [6.07, 6.45) is 5.27. The third-order valence-corrected chi connectivity index (χ3v) is 5.27. The van der Waals surface area contributed by atoms with E-state index < -0.39 is 0 Å². The molecule has 0 spiro atoms. The van der Waals surface area contributed by atoms with Gasteiger partial charge in [0.25, 0.3) is 5.91 Å². The number of rotatable bonds is 6. The molecule has 2 aromatic carbocycles. The van der Waals surface area contributed by atoms with Gasteiger partial charge in [-0.15, -0.1) is 0 Å². The fourth-order valence-electron chi connectivity index (χ4n) is 2.65. The van der Waals surface area contributed by atoms with Crippen molar-refractivity contribution in [2.75, 3.05) is 12.4 Å². The Labute approximate surface area is 166 Å². The first-order valence-electron chi connectivity index (χ1n) is 8.95. The molecule has 4 rings (SSSR count).